The average Bonchev–Trinajstić information content (AvgIpc) is 2.28. The number of rotatable bonds is 4. The largest absolute Gasteiger partial charge is 0.503 e. The van der Waals surface area contributed by atoms with Gasteiger partial charge in [-0.05, 0) is 0 Å². The van der Waals surface area contributed by atoms with Crippen LogP contribution in [0.4, 0.5) is 0 Å². The molecule has 1 rings (SSSR count). The Hall–Kier alpha value is -1.76. The Bertz CT molecular complexity index is 746. The Morgan fingerprint density at radius 3 is 1.45 bits per heavy atom. The normalized spacial score (nSPS) is 12.2. The van der Waals surface area contributed by atoms with Gasteiger partial charge in [0.1, 0.15) is 0 Å². The summed E-state index contributed by atoms with van der Waals surface area (Å²) in [7, 11) is -8.72. The van der Waals surface area contributed by atoms with E-state index < -0.39 is 53.0 Å². The molecule has 0 saturated heterocycles. The minimum absolute atomic E-state index is 0.745. The summed E-state index contributed by atoms with van der Waals surface area (Å²) in [5.41, 5.74) is 0. The van der Waals surface area contributed by atoms with Gasteiger partial charge in [-0.3, -0.25) is 9.11 Å². The molecule has 114 valence electrons. The lowest BCUT2D eigenvalue weighted by Gasteiger charge is -2.16. The fourth-order valence-corrected chi connectivity index (χ4v) is 3.53. The number of methoxy groups -OCH3 is 2. The molecule has 4 N–H and O–H groups in total. The van der Waals surface area contributed by atoms with Gasteiger partial charge in [0.05, 0.1) is 14.2 Å². The monoisotopic (exact) mass is 330 g/mol. The third kappa shape index (κ3) is 2.58. The van der Waals surface area contributed by atoms with E-state index in [1.54, 1.807) is 0 Å². The van der Waals surface area contributed by atoms with E-state index in [9.17, 15) is 27.0 Å². The average molecular weight is 330 g/mol. The molecule has 0 heterocycles. The lowest BCUT2D eigenvalue weighted by atomic mass is 10.2. The van der Waals surface area contributed by atoms with Crippen LogP contribution in [0.15, 0.2) is 9.79 Å². The number of phenolic OH excluding ortho intramolecular Hbond substituents is 2. The van der Waals surface area contributed by atoms with Gasteiger partial charge in [-0.15, -0.1) is 0 Å². The Balaban J connectivity index is 4.21. The molecule has 0 spiro atoms. The van der Waals surface area contributed by atoms with Gasteiger partial charge in [0.2, 0.25) is 11.5 Å². The molecule has 0 aliphatic rings. The van der Waals surface area contributed by atoms with Gasteiger partial charge in [-0.2, -0.15) is 16.8 Å². The molecule has 1 aromatic rings. The van der Waals surface area contributed by atoms with Crippen LogP contribution in [-0.4, -0.2) is 50.4 Å². The number of ether oxygens (including phenoxy) is 2. The van der Waals surface area contributed by atoms with Gasteiger partial charge in [-0.1, -0.05) is 0 Å². The SMILES string of the molecule is COc1c(O)c(O)c(S(=O)(=O)O)c(S(=O)(=O)O)c1OC. The van der Waals surface area contributed by atoms with E-state index in [1.165, 1.54) is 0 Å². The first-order valence-electron chi connectivity index (χ1n) is 4.61. The first kappa shape index (κ1) is 16.3. The maximum Gasteiger partial charge on any atom is 0.299 e. The van der Waals surface area contributed by atoms with Crippen molar-refractivity contribution in [3.05, 3.63) is 0 Å². The molecule has 0 unspecified atom stereocenters. The van der Waals surface area contributed by atoms with Gasteiger partial charge in [0.25, 0.3) is 20.2 Å². The smallest absolute Gasteiger partial charge is 0.299 e. The standard InChI is InChI=1S/C8H10O10S2/c1-17-5-3(9)4(10)7(19(11,12)13)8(6(5)18-2)20(14,15)16/h9-10H,1-2H3,(H,11,12,13)(H,14,15,16). The van der Waals surface area contributed by atoms with Gasteiger partial charge >= 0.3 is 0 Å². The van der Waals surface area contributed by atoms with Crippen LogP contribution < -0.4 is 9.47 Å². The van der Waals surface area contributed by atoms with E-state index in [-0.39, 0.29) is 0 Å². The second-order valence-electron chi connectivity index (χ2n) is 3.37. The van der Waals surface area contributed by atoms with E-state index >= 15 is 0 Å². The van der Waals surface area contributed by atoms with Crippen LogP contribution in [0.5, 0.6) is 23.0 Å². The molecule has 0 atom stereocenters. The van der Waals surface area contributed by atoms with Crippen molar-refractivity contribution in [3.8, 4) is 23.0 Å². The molecule has 0 aromatic heterocycles. The molecule has 0 saturated carbocycles. The van der Waals surface area contributed by atoms with Crippen LogP contribution in [0, 0.1) is 0 Å². The van der Waals surface area contributed by atoms with Gasteiger partial charge < -0.3 is 19.7 Å². The maximum atomic E-state index is 11.3. The van der Waals surface area contributed by atoms with Crippen molar-refractivity contribution in [2.24, 2.45) is 0 Å². The first-order valence-corrected chi connectivity index (χ1v) is 7.49. The number of hydrogen-bond acceptors (Lipinski definition) is 8. The third-order valence-electron chi connectivity index (χ3n) is 2.20. The second kappa shape index (κ2) is 4.97. The van der Waals surface area contributed by atoms with E-state index in [0.29, 0.717) is 0 Å². The van der Waals surface area contributed by atoms with Crippen molar-refractivity contribution >= 4 is 20.2 Å². The molecule has 10 nitrogen and oxygen atoms in total. The van der Waals surface area contributed by atoms with Crippen molar-refractivity contribution in [2.75, 3.05) is 14.2 Å². The minimum atomic E-state index is -5.31. The van der Waals surface area contributed by atoms with E-state index in [4.69, 9.17) is 9.11 Å². The van der Waals surface area contributed by atoms with Crippen molar-refractivity contribution in [3.63, 3.8) is 0 Å². The number of aromatic hydroxyl groups is 2. The number of hydrogen-bond donors (Lipinski definition) is 4. The fraction of sp³-hybridized carbons (Fsp3) is 0.250. The van der Waals surface area contributed by atoms with Crippen molar-refractivity contribution in [1.82, 2.24) is 0 Å². The molecular weight excluding hydrogens is 320 g/mol. The lowest BCUT2D eigenvalue weighted by Crippen LogP contribution is -2.11. The molecule has 0 amide bonds. The Labute approximate surface area is 113 Å². The fourth-order valence-electron chi connectivity index (χ4n) is 1.48. The zero-order chi connectivity index (χ0) is 15.9. The second-order valence-corrected chi connectivity index (χ2v) is 6.09. The van der Waals surface area contributed by atoms with Crippen molar-refractivity contribution in [2.45, 2.75) is 9.79 Å². The molecule has 0 bridgehead atoms. The topological polar surface area (TPSA) is 168 Å². The van der Waals surface area contributed by atoms with Gasteiger partial charge in [-0.25, -0.2) is 0 Å². The predicted molar refractivity (Wildman–Crippen MR) is 62.5 cm³/mol. The molecule has 1 aromatic carbocycles. The van der Waals surface area contributed by atoms with Crippen LogP contribution in [-0.2, 0) is 20.2 Å². The van der Waals surface area contributed by atoms with E-state index in [0.717, 1.165) is 14.2 Å². The minimum Gasteiger partial charge on any atom is -0.503 e. The Kier molecular flexibility index (Phi) is 4.05. The summed E-state index contributed by atoms with van der Waals surface area (Å²) in [5, 5.41) is 19.0. The zero-order valence-corrected chi connectivity index (χ0v) is 11.7. The summed E-state index contributed by atoms with van der Waals surface area (Å²) < 4.78 is 72.0. The quantitative estimate of drug-likeness (QED) is 0.421. The Morgan fingerprint density at radius 2 is 1.15 bits per heavy atom. The Morgan fingerprint density at radius 1 is 0.750 bits per heavy atom. The van der Waals surface area contributed by atoms with Crippen LogP contribution in [0.25, 0.3) is 0 Å². The van der Waals surface area contributed by atoms with Crippen LogP contribution >= 0.6 is 0 Å². The van der Waals surface area contributed by atoms with Crippen LogP contribution in [0.3, 0.4) is 0 Å². The molecule has 12 heteroatoms. The highest BCUT2D eigenvalue weighted by Gasteiger charge is 2.37. The predicted octanol–water partition coefficient (Wildman–Crippen LogP) is -0.392. The van der Waals surface area contributed by atoms with E-state index in [2.05, 4.69) is 9.47 Å². The molecule has 0 aliphatic carbocycles. The molecule has 0 radical (unpaired) electrons. The highest BCUT2D eigenvalue weighted by atomic mass is 32.2. The van der Waals surface area contributed by atoms with Crippen LogP contribution in [0.2, 0.25) is 0 Å². The molecular formula is C8H10O10S2. The molecule has 0 fully saturated rings. The van der Waals surface area contributed by atoms with Crippen molar-refractivity contribution < 1.29 is 45.6 Å². The zero-order valence-electron chi connectivity index (χ0n) is 10.1. The van der Waals surface area contributed by atoms with Crippen LogP contribution in [0.1, 0.15) is 0 Å². The molecule has 20 heavy (non-hydrogen) atoms. The third-order valence-corrected chi connectivity index (χ3v) is 4.15. The summed E-state index contributed by atoms with van der Waals surface area (Å²) in [6, 6.07) is 0. The molecule has 0 aliphatic heterocycles. The van der Waals surface area contributed by atoms with Gasteiger partial charge in [0, 0.05) is 0 Å². The summed E-state index contributed by atoms with van der Waals surface area (Å²) >= 11 is 0. The summed E-state index contributed by atoms with van der Waals surface area (Å²) in [5.74, 6) is -4.36. The van der Waals surface area contributed by atoms with E-state index in [1.807, 2.05) is 0 Å². The maximum absolute atomic E-state index is 11.3. The number of phenols is 2. The highest BCUT2D eigenvalue weighted by Crippen LogP contribution is 2.51. The lowest BCUT2D eigenvalue weighted by molar-refractivity contribution is 0.305. The number of benzene rings is 1. The first-order chi connectivity index (χ1) is 8.96. The summed E-state index contributed by atoms with van der Waals surface area (Å²) in [4.78, 5) is -3.09. The summed E-state index contributed by atoms with van der Waals surface area (Å²) in [6.45, 7) is 0. The van der Waals surface area contributed by atoms with Crippen molar-refractivity contribution in [1.29, 1.82) is 0 Å². The van der Waals surface area contributed by atoms with Gasteiger partial charge in [0.15, 0.2) is 21.3 Å². The highest BCUT2D eigenvalue weighted by molar-refractivity contribution is 7.89. The summed E-state index contributed by atoms with van der Waals surface area (Å²) in [6.07, 6.45) is 0.